The van der Waals surface area contributed by atoms with Crippen LogP contribution < -0.4 is 0 Å². The van der Waals surface area contributed by atoms with E-state index >= 15 is 0 Å². The molecule has 0 bridgehead atoms. The molecular weight excluding hydrogens is 174 g/mol. The van der Waals surface area contributed by atoms with Gasteiger partial charge in [0.2, 0.25) is 0 Å². The molecule has 0 heterocycles. The molecule has 0 saturated heterocycles. The van der Waals surface area contributed by atoms with Gasteiger partial charge in [-0.2, -0.15) is 0 Å². The first-order chi connectivity index (χ1) is 6.68. The van der Waals surface area contributed by atoms with Gasteiger partial charge < -0.3 is 10.0 Å². The van der Waals surface area contributed by atoms with Gasteiger partial charge >= 0.3 is 0 Å². The number of hydrogen-bond donors (Lipinski definition) is 1. The molecule has 0 saturated carbocycles. The van der Waals surface area contributed by atoms with Crippen molar-refractivity contribution in [3.63, 3.8) is 0 Å². The van der Waals surface area contributed by atoms with Crippen LogP contribution in [0.4, 0.5) is 0 Å². The molecule has 1 N–H and O–H groups in total. The summed E-state index contributed by atoms with van der Waals surface area (Å²) in [5.41, 5.74) is 0. The largest absolute Gasteiger partial charge is 0.393 e. The lowest BCUT2D eigenvalue weighted by atomic mass is 9.94. The molecule has 2 heteroatoms. The molecule has 2 nitrogen and oxygen atoms in total. The van der Waals surface area contributed by atoms with Crippen molar-refractivity contribution >= 4 is 0 Å². The van der Waals surface area contributed by atoms with Gasteiger partial charge in [-0.15, -0.1) is 0 Å². The van der Waals surface area contributed by atoms with Crippen LogP contribution in [0.5, 0.6) is 0 Å². The lowest BCUT2D eigenvalue weighted by molar-refractivity contribution is 0.157. The number of nitrogens with zero attached hydrogens (tertiary/aromatic N) is 1. The van der Waals surface area contributed by atoms with E-state index in [0.717, 1.165) is 18.9 Å². The average molecular weight is 197 g/mol. The minimum atomic E-state index is -0.163. The molecule has 0 fully saturated rings. The van der Waals surface area contributed by atoms with Gasteiger partial charge in [0.05, 0.1) is 6.10 Å². The third kappa shape index (κ3) is 4.77. The van der Waals surface area contributed by atoms with Crippen molar-refractivity contribution in [2.75, 3.05) is 20.1 Å². The Hall–Kier alpha value is -0.340. The van der Waals surface area contributed by atoms with Gasteiger partial charge in [-0.25, -0.2) is 0 Å². The zero-order valence-corrected chi connectivity index (χ0v) is 9.45. The van der Waals surface area contributed by atoms with Gasteiger partial charge in [-0.05, 0) is 45.6 Å². The second-order valence-electron chi connectivity index (χ2n) is 4.55. The molecule has 1 rings (SSSR count). The monoisotopic (exact) mass is 197 g/mol. The summed E-state index contributed by atoms with van der Waals surface area (Å²) in [6.07, 6.45) is 9.12. The minimum absolute atomic E-state index is 0.163. The highest BCUT2D eigenvalue weighted by molar-refractivity contribution is 4.90. The standard InChI is InChI=1S/C12H23NO/c1-11(14)8-9-13(2)10-12-6-4-3-5-7-12/h3-4,11-12,14H,5-10H2,1-2H3. The van der Waals surface area contributed by atoms with Crippen LogP contribution in [0.25, 0.3) is 0 Å². The van der Waals surface area contributed by atoms with Crippen molar-refractivity contribution < 1.29 is 5.11 Å². The average Bonchev–Trinajstić information content (AvgIpc) is 2.16. The highest BCUT2D eigenvalue weighted by Crippen LogP contribution is 2.18. The fraction of sp³-hybridized carbons (Fsp3) is 0.833. The second-order valence-corrected chi connectivity index (χ2v) is 4.55. The Bertz CT molecular complexity index is 177. The van der Waals surface area contributed by atoms with E-state index in [9.17, 15) is 0 Å². The van der Waals surface area contributed by atoms with Crippen LogP contribution >= 0.6 is 0 Å². The molecule has 1 aliphatic carbocycles. The molecule has 1 aliphatic rings. The third-order valence-corrected chi connectivity index (χ3v) is 2.88. The molecular formula is C12H23NO. The molecule has 14 heavy (non-hydrogen) atoms. The number of hydrogen-bond acceptors (Lipinski definition) is 2. The fourth-order valence-electron chi connectivity index (χ4n) is 1.96. The summed E-state index contributed by atoms with van der Waals surface area (Å²) >= 11 is 0. The van der Waals surface area contributed by atoms with Gasteiger partial charge in [0.25, 0.3) is 0 Å². The number of rotatable bonds is 5. The fourth-order valence-corrected chi connectivity index (χ4v) is 1.96. The van der Waals surface area contributed by atoms with E-state index in [4.69, 9.17) is 5.11 Å². The van der Waals surface area contributed by atoms with Gasteiger partial charge in [0, 0.05) is 13.1 Å². The molecule has 82 valence electrons. The Labute approximate surface area is 87.6 Å². The Balaban J connectivity index is 2.12. The summed E-state index contributed by atoms with van der Waals surface area (Å²) in [7, 11) is 2.15. The summed E-state index contributed by atoms with van der Waals surface area (Å²) in [6.45, 7) is 4.05. The van der Waals surface area contributed by atoms with Gasteiger partial charge in [0.1, 0.15) is 0 Å². The number of allylic oxidation sites excluding steroid dienone is 2. The van der Waals surface area contributed by atoms with Crippen LogP contribution in [0.3, 0.4) is 0 Å². The van der Waals surface area contributed by atoms with Gasteiger partial charge in [0.15, 0.2) is 0 Å². The zero-order chi connectivity index (χ0) is 10.4. The molecule has 2 atom stereocenters. The molecule has 2 unspecified atom stereocenters. The Morgan fingerprint density at radius 2 is 2.29 bits per heavy atom. The van der Waals surface area contributed by atoms with E-state index in [0.29, 0.717) is 0 Å². The van der Waals surface area contributed by atoms with Crippen LogP contribution in [-0.2, 0) is 0 Å². The SMILES string of the molecule is CC(O)CCN(C)CC1CC=CCC1. The van der Waals surface area contributed by atoms with E-state index in [-0.39, 0.29) is 6.10 Å². The molecule has 0 aromatic heterocycles. The van der Waals surface area contributed by atoms with E-state index < -0.39 is 0 Å². The zero-order valence-electron chi connectivity index (χ0n) is 9.45. The van der Waals surface area contributed by atoms with E-state index in [1.54, 1.807) is 0 Å². The molecule has 0 spiro atoms. The molecule has 0 aromatic rings. The summed E-state index contributed by atoms with van der Waals surface area (Å²) < 4.78 is 0. The maximum Gasteiger partial charge on any atom is 0.0524 e. The molecule has 0 radical (unpaired) electrons. The van der Waals surface area contributed by atoms with Crippen molar-refractivity contribution in [3.8, 4) is 0 Å². The van der Waals surface area contributed by atoms with Crippen LogP contribution in [0.15, 0.2) is 12.2 Å². The molecule has 0 aliphatic heterocycles. The van der Waals surface area contributed by atoms with Crippen molar-refractivity contribution in [1.82, 2.24) is 4.90 Å². The normalized spacial score (nSPS) is 24.1. The first-order valence-electron chi connectivity index (χ1n) is 5.70. The predicted molar refractivity (Wildman–Crippen MR) is 60.3 cm³/mol. The summed E-state index contributed by atoms with van der Waals surface area (Å²) in [6, 6.07) is 0. The van der Waals surface area contributed by atoms with Crippen LogP contribution in [-0.4, -0.2) is 36.2 Å². The van der Waals surface area contributed by atoms with Gasteiger partial charge in [-0.1, -0.05) is 12.2 Å². The van der Waals surface area contributed by atoms with Crippen molar-refractivity contribution in [1.29, 1.82) is 0 Å². The number of aliphatic hydroxyl groups is 1. The molecule has 0 amide bonds. The maximum absolute atomic E-state index is 9.17. The third-order valence-electron chi connectivity index (χ3n) is 2.88. The highest BCUT2D eigenvalue weighted by Gasteiger charge is 2.12. The number of aliphatic hydroxyl groups excluding tert-OH is 1. The summed E-state index contributed by atoms with van der Waals surface area (Å²) in [5.74, 6) is 0.832. The van der Waals surface area contributed by atoms with E-state index in [2.05, 4.69) is 24.1 Å². The topological polar surface area (TPSA) is 23.5 Å². The predicted octanol–water partition coefficient (Wildman–Crippen LogP) is 2.05. The smallest absolute Gasteiger partial charge is 0.0524 e. The lowest BCUT2D eigenvalue weighted by Crippen LogP contribution is -2.28. The quantitative estimate of drug-likeness (QED) is 0.682. The maximum atomic E-state index is 9.17. The van der Waals surface area contributed by atoms with Crippen molar-refractivity contribution in [3.05, 3.63) is 12.2 Å². The minimum Gasteiger partial charge on any atom is -0.393 e. The summed E-state index contributed by atoms with van der Waals surface area (Å²) in [4.78, 5) is 2.34. The van der Waals surface area contributed by atoms with E-state index in [1.807, 2.05) is 6.92 Å². The first-order valence-corrected chi connectivity index (χ1v) is 5.70. The Morgan fingerprint density at radius 1 is 1.50 bits per heavy atom. The second kappa shape index (κ2) is 6.20. The highest BCUT2D eigenvalue weighted by atomic mass is 16.3. The first kappa shape index (κ1) is 11.7. The lowest BCUT2D eigenvalue weighted by Gasteiger charge is -2.25. The summed E-state index contributed by atoms with van der Waals surface area (Å²) in [5, 5.41) is 9.17. The van der Waals surface area contributed by atoms with E-state index in [1.165, 1.54) is 25.8 Å². The Morgan fingerprint density at radius 3 is 2.86 bits per heavy atom. The van der Waals surface area contributed by atoms with Crippen LogP contribution in [0, 0.1) is 5.92 Å². The van der Waals surface area contributed by atoms with Gasteiger partial charge in [-0.3, -0.25) is 0 Å². The van der Waals surface area contributed by atoms with Crippen LogP contribution in [0.1, 0.15) is 32.6 Å². The van der Waals surface area contributed by atoms with Crippen LogP contribution in [0.2, 0.25) is 0 Å². The molecule has 0 aromatic carbocycles. The van der Waals surface area contributed by atoms with Crippen molar-refractivity contribution in [2.24, 2.45) is 5.92 Å². The Kier molecular flexibility index (Phi) is 5.20. The van der Waals surface area contributed by atoms with Crippen molar-refractivity contribution in [2.45, 2.75) is 38.7 Å².